The van der Waals surface area contributed by atoms with Crippen molar-refractivity contribution >= 4 is 11.9 Å². The Bertz CT molecular complexity index is 243. The van der Waals surface area contributed by atoms with E-state index in [2.05, 4.69) is 0 Å². The Labute approximate surface area is 87.1 Å². The Hall–Kier alpha value is -1.14. The number of carboxylic acid groups (broad SMARTS) is 2. The highest BCUT2D eigenvalue weighted by atomic mass is 16.4. The average Bonchev–Trinajstić information content (AvgIpc) is 2.16. The summed E-state index contributed by atoms with van der Waals surface area (Å²) < 4.78 is 0. The predicted molar refractivity (Wildman–Crippen MR) is 50.5 cm³/mol. The Morgan fingerprint density at radius 3 is 1.87 bits per heavy atom. The molecule has 6 nitrogen and oxygen atoms in total. The van der Waals surface area contributed by atoms with Crippen molar-refractivity contribution < 1.29 is 24.9 Å². The van der Waals surface area contributed by atoms with Crippen molar-refractivity contribution in [3.8, 4) is 0 Å². The summed E-state index contributed by atoms with van der Waals surface area (Å²) >= 11 is 0. The number of carbonyl (C=O) groups is 2. The zero-order valence-corrected chi connectivity index (χ0v) is 8.46. The number of aliphatic carboxylic acids is 2. The molecule has 1 heterocycles. The molecular formula is C9H15NO5. The van der Waals surface area contributed by atoms with Gasteiger partial charge in [0.25, 0.3) is 0 Å². The van der Waals surface area contributed by atoms with Gasteiger partial charge in [0.15, 0.2) is 0 Å². The number of likely N-dealkylation sites (tertiary alicyclic amines) is 1. The molecular weight excluding hydrogens is 202 g/mol. The van der Waals surface area contributed by atoms with Gasteiger partial charge in [0, 0.05) is 0 Å². The standard InChI is InChI=1S/C9H15NO5/c1-2-10-6(8(12)13)3-5(11)4-7(10)9(14)15/h5-7,11H,2-4H2,1H3,(H,12,13)(H,14,15). The molecule has 15 heavy (non-hydrogen) atoms. The van der Waals surface area contributed by atoms with E-state index >= 15 is 0 Å². The maximum atomic E-state index is 10.9. The van der Waals surface area contributed by atoms with Gasteiger partial charge in [-0.15, -0.1) is 0 Å². The lowest BCUT2D eigenvalue weighted by molar-refractivity contribution is -0.157. The Morgan fingerprint density at radius 1 is 1.20 bits per heavy atom. The number of hydrogen-bond acceptors (Lipinski definition) is 4. The van der Waals surface area contributed by atoms with E-state index in [0.717, 1.165) is 0 Å². The molecule has 0 aliphatic carbocycles. The van der Waals surface area contributed by atoms with Gasteiger partial charge in [-0.3, -0.25) is 14.5 Å². The lowest BCUT2D eigenvalue weighted by Crippen LogP contribution is -2.56. The number of carboxylic acids is 2. The van der Waals surface area contributed by atoms with Crippen molar-refractivity contribution in [3.63, 3.8) is 0 Å². The molecule has 2 unspecified atom stereocenters. The first-order chi connectivity index (χ1) is 6.97. The number of rotatable bonds is 3. The van der Waals surface area contributed by atoms with Crippen molar-refractivity contribution in [3.05, 3.63) is 0 Å². The molecule has 0 aromatic carbocycles. The maximum Gasteiger partial charge on any atom is 0.321 e. The highest BCUT2D eigenvalue weighted by molar-refractivity contribution is 5.78. The SMILES string of the molecule is CCN1C(C(=O)O)CC(O)CC1C(=O)O. The van der Waals surface area contributed by atoms with E-state index in [9.17, 15) is 14.7 Å². The number of piperidine rings is 1. The van der Waals surface area contributed by atoms with Crippen LogP contribution in [0.3, 0.4) is 0 Å². The summed E-state index contributed by atoms with van der Waals surface area (Å²) in [4.78, 5) is 23.2. The molecule has 0 aromatic rings. The molecule has 0 radical (unpaired) electrons. The van der Waals surface area contributed by atoms with Crippen molar-refractivity contribution in [2.75, 3.05) is 6.54 Å². The van der Waals surface area contributed by atoms with Crippen LogP contribution in [-0.2, 0) is 9.59 Å². The van der Waals surface area contributed by atoms with E-state index in [1.807, 2.05) is 0 Å². The first-order valence-corrected chi connectivity index (χ1v) is 4.86. The summed E-state index contributed by atoms with van der Waals surface area (Å²) in [5.41, 5.74) is 0. The Balaban J connectivity index is 2.88. The van der Waals surface area contributed by atoms with Crippen LogP contribution in [0.15, 0.2) is 0 Å². The zero-order valence-electron chi connectivity index (χ0n) is 8.46. The van der Waals surface area contributed by atoms with Crippen molar-refractivity contribution in [2.24, 2.45) is 0 Å². The van der Waals surface area contributed by atoms with Gasteiger partial charge < -0.3 is 15.3 Å². The van der Waals surface area contributed by atoms with Crippen LogP contribution in [0.1, 0.15) is 19.8 Å². The minimum absolute atomic E-state index is 0.0902. The smallest absolute Gasteiger partial charge is 0.321 e. The average molecular weight is 217 g/mol. The van der Waals surface area contributed by atoms with Gasteiger partial charge >= 0.3 is 11.9 Å². The second-order valence-electron chi connectivity index (χ2n) is 3.66. The molecule has 86 valence electrons. The van der Waals surface area contributed by atoms with E-state index in [1.165, 1.54) is 4.90 Å². The fourth-order valence-corrected chi connectivity index (χ4v) is 2.03. The summed E-state index contributed by atoms with van der Waals surface area (Å²) in [5.74, 6) is -2.16. The molecule has 6 heteroatoms. The highest BCUT2D eigenvalue weighted by Gasteiger charge is 2.41. The van der Waals surface area contributed by atoms with Gasteiger partial charge in [0.1, 0.15) is 12.1 Å². The minimum atomic E-state index is -1.08. The molecule has 0 spiro atoms. The second-order valence-corrected chi connectivity index (χ2v) is 3.66. The van der Waals surface area contributed by atoms with E-state index in [-0.39, 0.29) is 12.8 Å². The molecule has 3 N–H and O–H groups in total. The predicted octanol–water partition coefficient (Wildman–Crippen LogP) is -0.631. The second kappa shape index (κ2) is 4.59. The van der Waals surface area contributed by atoms with Crippen LogP contribution in [0.5, 0.6) is 0 Å². The van der Waals surface area contributed by atoms with Crippen molar-refractivity contribution in [1.29, 1.82) is 0 Å². The van der Waals surface area contributed by atoms with Gasteiger partial charge in [-0.2, -0.15) is 0 Å². The molecule has 2 atom stereocenters. The van der Waals surface area contributed by atoms with Crippen LogP contribution in [0.25, 0.3) is 0 Å². The normalized spacial score (nSPS) is 32.5. The lowest BCUT2D eigenvalue weighted by atomic mass is 9.93. The van der Waals surface area contributed by atoms with Gasteiger partial charge in [0.2, 0.25) is 0 Å². The summed E-state index contributed by atoms with van der Waals surface area (Å²) in [5, 5.41) is 27.2. The molecule has 1 fully saturated rings. The van der Waals surface area contributed by atoms with Gasteiger partial charge in [0.05, 0.1) is 6.10 Å². The Kier molecular flexibility index (Phi) is 3.65. The quantitative estimate of drug-likeness (QED) is 0.582. The molecule has 0 bridgehead atoms. The number of nitrogens with zero attached hydrogens (tertiary/aromatic N) is 1. The molecule has 0 amide bonds. The fourth-order valence-electron chi connectivity index (χ4n) is 2.03. The third-order valence-corrected chi connectivity index (χ3v) is 2.73. The van der Waals surface area contributed by atoms with Crippen LogP contribution >= 0.6 is 0 Å². The van der Waals surface area contributed by atoms with Crippen LogP contribution in [0.4, 0.5) is 0 Å². The van der Waals surface area contributed by atoms with Gasteiger partial charge in [-0.25, -0.2) is 0 Å². The molecule has 1 aliphatic rings. The Morgan fingerprint density at radius 2 is 1.60 bits per heavy atom. The topological polar surface area (TPSA) is 98.1 Å². The monoisotopic (exact) mass is 217 g/mol. The maximum absolute atomic E-state index is 10.9. The third kappa shape index (κ3) is 2.45. The number of likely N-dealkylation sites (N-methyl/N-ethyl adjacent to an activating group) is 1. The third-order valence-electron chi connectivity index (χ3n) is 2.73. The first kappa shape index (κ1) is 11.9. The van der Waals surface area contributed by atoms with E-state index in [0.29, 0.717) is 6.54 Å². The number of aliphatic hydroxyl groups is 1. The fraction of sp³-hybridized carbons (Fsp3) is 0.778. The molecule has 1 aliphatic heterocycles. The van der Waals surface area contributed by atoms with E-state index in [4.69, 9.17) is 10.2 Å². The van der Waals surface area contributed by atoms with Crippen LogP contribution in [0, 0.1) is 0 Å². The summed E-state index contributed by atoms with van der Waals surface area (Å²) in [6.45, 7) is 2.06. The van der Waals surface area contributed by atoms with Gasteiger partial charge in [-0.05, 0) is 19.4 Å². The largest absolute Gasteiger partial charge is 0.480 e. The summed E-state index contributed by atoms with van der Waals surface area (Å²) in [6.07, 6.45) is -0.671. The molecule has 0 aromatic heterocycles. The van der Waals surface area contributed by atoms with E-state index < -0.39 is 30.1 Å². The van der Waals surface area contributed by atoms with E-state index in [1.54, 1.807) is 6.92 Å². The van der Waals surface area contributed by atoms with Crippen LogP contribution in [0.2, 0.25) is 0 Å². The molecule has 0 saturated carbocycles. The highest BCUT2D eigenvalue weighted by Crippen LogP contribution is 2.23. The van der Waals surface area contributed by atoms with Crippen molar-refractivity contribution in [2.45, 2.75) is 38.0 Å². The summed E-state index contributed by atoms with van der Waals surface area (Å²) in [7, 11) is 0. The summed E-state index contributed by atoms with van der Waals surface area (Å²) in [6, 6.07) is -1.81. The van der Waals surface area contributed by atoms with Gasteiger partial charge in [-0.1, -0.05) is 6.92 Å². The molecule has 1 rings (SSSR count). The number of aliphatic hydroxyl groups excluding tert-OH is 1. The van der Waals surface area contributed by atoms with Crippen molar-refractivity contribution in [1.82, 2.24) is 4.90 Å². The van der Waals surface area contributed by atoms with Crippen LogP contribution < -0.4 is 0 Å². The molecule has 1 saturated heterocycles. The minimum Gasteiger partial charge on any atom is -0.480 e. The van der Waals surface area contributed by atoms with Crippen LogP contribution in [-0.4, -0.2) is 56.9 Å². The first-order valence-electron chi connectivity index (χ1n) is 4.86. The zero-order chi connectivity index (χ0) is 11.6. The number of hydrogen-bond donors (Lipinski definition) is 3. The lowest BCUT2D eigenvalue weighted by Gasteiger charge is -2.39.